The molecule has 0 fully saturated rings. The molecule has 0 aliphatic rings. The molecule has 2 aromatic carbocycles. The fraction of sp³-hybridized carbons (Fsp3) is 0.261. The Bertz CT molecular complexity index is 1280. The maximum Gasteiger partial charge on any atom is 0.416 e. The number of benzene rings is 2. The lowest BCUT2D eigenvalue weighted by atomic mass is 10.1. The zero-order valence-electron chi connectivity index (χ0n) is 18.2. The van der Waals surface area contributed by atoms with Gasteiger partial charge in [0.2, 0.25) is 0 Å². The van der Waals surface area contributed by atoms with E-state index in [1.807, 2.05) is 0 Å². The van der Waals surface area contributed by atoms with Gasteiger partial charge < -0.3 is 19.4 Å². The average Bonchev–Trinajstić information content (AvgIpc) is 2.76. The third-order valence-corrected chi connectivity index (χ3v) is 4.93. The van der Waals surface area contributed by atoms with Gasteiger partial charge in [0.25, 0.3) is 11.5 Å². The van der Waals surface area contributed by atoms with Gasteiger partial charge in [0.1, 0.15) is 11.3 Å². The van der Waals surface area contributed by atoms with E-state index in [-0.39, 0.29) is 22.6 Å². The van der Waals surface area contributed by atoms with Crippen LogP contribution in [0.25, 0.3) is 10.9 Å². The lowest BCUT2D eigenvalue weighted by Gasteiger charge is -2.18. The highest BCUT2D eigenvalue weighted by Gasteiger charge is 2.31. The number of hydrogen-bond donors (Lipinski definition) is 1. The van der Waals surface area contributed by atoms with Gasteiger partial charge in [-0.15, -0.1) is 0 Å². The highest BCUT2D eigenvalue weighted by atomic mass is 19.4. The Kier molecular flexibility index (Phi) is 6.48. The Hall–Kier alpha value is -3.82. The highest BCUT2D eigenvalue weighted by Crippen LogP contribution is 2.36. The van der Waals surface area contributed by atoms with E-state index in [0.717, 1.165) is 24.3 Å². The molecule has 3 rings (SSSR count). The van der Waals surface area contributed by atoms with Crippen LogP contribution in [-0.2, 0) is 18.0 Å². The zero-order valence-corrected chi connectivity index (χ0v) is 18.2. The number of halogens is 3. The minimum absolute atomic E-state index is 0.0244. The third-order valence-electron chi connectivity index (χ3n) is 4.93. The van der Waals surface area contributed by atoms with Gasteiger partial charge in [-0.1, -0.05) is 19.9 Å². The number of esters is 1. The second-order valence-corrected chi connectivity index (χ2v) is 7.53. The van der Waals surface area contributed by atoms with E-state index < -0.39 is 40.7 Å². The number of hydrogen-bond acceptors (Lipinski definition) is 5. The summed E-state index contributed by atoms with van der Waals surface area (Å²) in [5.41, 5.74) is -1.75. The molecule has 0 aliphatic carbocycles. The number of methoxy groups -OCH3 is 1. The molecule has 33 heavy (non-hydrogen) atoms. The highest BCUT2D eigenvalue weighted by molar-refractivity contribution is 6.10. The van der Waals surface area contributed by atoms with Crippen molar-refractivity contribution < 1.29 is 32.2 Å². The van der Waals surface area contributed by atoms with Crippen molar-refractivity contribution in [2.24, 2.45) is 13.0 Å². The van der Waals surface area contributed by atoms with E-state index in [9.17, 15) is 27.6 Å². The first-order valence-corrected chi connectivity index (χ1v) is 9.85. The Morgan fingerprint density at radius 3 is 2.24 bits per heavy atom. The van der Waals surface area contributed by atoms with Gasteiger partial charge in [-0.05, 0) is 36.4 Å². The van der Waals surface area contributed by atoms with Crippen molar-refractivity contribution in [2.75, 3.05) is 12.4 Å². The summed E-state index contributed by atoms with van der Waals surface area (Å²) in [6, 6.07) is 8.55. The second kappa shape index (κ2) is 8.97. The molecule has 1 aromatic heterocycles. The van der Waals surface area contributed by atoms with E-state index in [2.05, 4.69) is 5.32 Å². The van der Waals surface area contributed by atoms with Crippen LogP contribution in [0.1, 0.15) is 29.8 Å². The lowest BCUT2D eigenvalue weighted by molar-refractivity contribution is -0.138. The molecule has 0 radical (unpaired) electrons. The first-order chi connectivity index (χ1) is 15.5. The Balaban J connectivity index is 2.18. The van der Waals surface area contributed by atoms with Crippen LogP contribution in [0.4, 0.5) is 18.9 Å². The average molecular weight is 462 g/mol. The maximum absolute atomic E-state index is 13.1. The first-order valence-electron chi connectivity index (χ1n) is 9.85. The summed E-state index contributed by atoms with van der Waals surface area (Å²) in [6.45, 7) is 3.18. The number of rotatable bonds is 5. The topological polar surface area (TPSA) is 86.6 Å². The van der Waals surface area contributed by atoms with Crippen molar-refractivity contribution in [3.63, 3.8) is 0 Å². The van der Waals surface area contributed by atoms with Crippen LogP contribution in [0, 0.1) is 5.92 Å². The number of nitrogens with one attached hydrogen (secondary N) is 1. The van der Waals surface area contributed by atoms with E-state index in [4.69, 9.17) is 9.47 Å². The van der Waals surface area contributed by atoms with Crippen LogP contribution in [0.2, 0.25) is 0 Å². The van der Waals surface area contributed by atoms with E-state index in [1.54, 1.807) is 32.0 Å². The molecule has 174 valence electrons. The van der Waals surface area contributed by atoms with Crippen molar-refractivity contribution in [1.82, 2.24) is 4.57 Å². The third kappa shape index (κ3) is 4.69. The number of aryl methyl sites for hydroxylation is 1. The number of carbonyl (C=O) groups is 2. The van der Waals surface area contributed by atoms with Crippen LogP contribution >= 0.6 is 0 Å². The molecular formula is C23H21F3N2O5. The van der Waals surface area contributed by atoms with Gasteiger partial charge in [0.05, 0.1) is 29.5 Å². The number of amides is 1. The minimum Gasteiger partial charge on any atom is -0.496 e. The smallest absolute Gasteiger partial charge is 0.416 e. The van der Waals surface area contributed by atoms with Gasteiger partial charge in [-0.3, -0.25) is 14.4 Å². The van der Waals surface area contributed by atoms with Gasteiger partial charge in [-0.2, -0.15) is 13.2 Å². The second-order valence-electron chi connectivity index (χ2n) is 7.53. The molecule has 0 saturated carbocycles. The number of carbonyl (C=O) groups excluding carboxylic acids is 2. The number of ether oxygens (including phenoxy) is 2. The predicted molar refractivity (Wildman–Crippen MR) is 116 cm³/mol. The van der Waals surface area contributed by atoms with Crippen LogP contribution in [-0.4, -0.2) is 23.6 Å². The number of anilines is 1. The monoisotopic (exact) mass is 462 g/mol. The largest absolute Gasteiger partial charge is 0.496 e. The molecule has 0 atom stereocenters. The molecule has 1 heterocycles. The molecule has 10 heteroatoms. The number of fused-ring (bicyclic) bond motifs is 1. The van der Waals surface area contributed by atoms with Crippen molar-refractivity contribution in [2.45, 2.75) is 20.0 Å². The van der Waals surface area contributed by atoms with Gasteiger partial charge in [0.15, 0.2) is 5.75 Å². The van der Waals surface area contributed by atoms with Crippen molar-refractivity contribution in [1.29, 1.82) is 0 Å². The molecule has 1 N–H and O–H groups in total. The molecule has 0 unspecified atom stereocenters. The Labute approximate surface area is 186 Å². The molecule has 0 spiro atoms. The van der Waals surface area contributed by atoms with Crippen molar-refractivity contribution >= 4 is 28.5 Å². The number of pyridine rings is 1. The number of nitrogens with zero attached hydrogens (tertiary/aromatic N) is 1. The minimum atomic E-state index is -4.54. The van der Waals surface area contributed by atoms with Crippen molar-refractivity contribution in [3.05, 3.63) is 63.9 Å². The summed E-state index contributed by atoms with van der Waals surface area (Å²) >= 11 is 0. The summed E-state index contributed by atoms with van der Waals surface area (Å²) in [5, 5.41) is 2.63. The first kappa shape index (κ1) is 23.8. The molecule has 0 aliphatic heterocycles. The molecule has 0 bridgehead atoms. The fourth-order valence-electron chi connectivity index (χ4n) is 3.15. The predicted octanol–water partition coefficient (Wildman–Crippen LogP) is 4.38. The lowest BCUT2D eigenvalue weighted by Crippen LogP contribution is -2.30. The maximum atomic E-state index is 13.1. The van der Waals surface area contributed by atoms with E-state index in [1.165, 1.54) is 18.7 Å². The molecule has 3 aromatic rings. The van der Waals surface area contributed by atoms with E-state index >= 15 is 0 Å². The summed E-state index contributed by atoms with van der Waals surface area (Å²) in [7, 11) is 2.82. The number of alkyl halides is 3. The zero-order chi connectivity index (χ0) is 24.5. The summed E-state index contributed by atoms with van der Waals surface area (Å²) in [4.78, 5) is 38.6. The molecule has 1 amide bonds. The molecular weight excluding hydrogens is 441 g/mol. The Morgan fingerprint density at radius 2 is 1.70 bits per heavy atom. The van der Waals surface area contributed by atoms with Gasteiger partial charge >= 0.3 is 12.1 Å². The Morgan fingerprint density at radius 1 is 1.06 bits per heavy atom. The van der Waals surface area contributed by atoms with Crippen LogP contribution in [0.3, 0.4) is 0 Å². The summed E-state index contributed by atoms with van der Waals surface area (Å²) in [6.07, 6.45) is -4.54. The summed E-state index contributed by atoms with van der Waals surface area (Å²) < 4.78 is 50.5. The standard InChI is InChI=1S/C23H21F3N2O5/c1-12(2)22(31)33-19-17-15(6-5-7-16(17)32-4)28(3)21(30)18(19)20(29)27-14-10-8-13(9-11-14)23(24,25)26/h5-12H,1-4H3,(H,27,29). The fourth-order valence-corrected chi connectivity index (χ4v) is 3.15. The van der Waals surface area contributed by atoms with E-state index in [0.29, 0.717) is 5.52 Å². The van der Waals surface area contributed by atoms with Crippen LogP contribution < -0.4 is 20.3 Å². The normalized spacial score (nSPS) is 11.5. The van der Waals surface area contributed by atoms with Gasteiger partial charge in [0, 0.05) is 12.7 Å². The SMILES string of the molecule is COc1cccc2c1c(OC(=O)C(C)C)c(C(=O)Nc1ccc(C(F)(F)F)cc1)c(=O)n2C. The molecule has 0 saturated heterocycles. The van der Waals surface area contributed by atoms with Crippen LogP contribution in [0.5, 0.6) is 11.5 Å². The van der Waals surface area contributed by atoms with Crippen LogP contribution in [0.15, 0.2) is 47.3 Å². The number of aromatic nitrogens is 1. The van der Waals surface area contributed by atoms with Gasteiger partial charge in [-0.25, -0.2) is 0 Å². The van der Waals surface area contributed by atoms with Crippen molar-refractivity contribution in [3.8, 4) is 11.5 Å². The quantitative estimate of drug-likeness (QED) is 0.569. The molecule has 7 nitrogen and oxygen atoms in total. The summed E-state index contributed by atoms with van der Waals surface area (Å²) in [5.74, 6) is -2.22.